The van der Waals surface area contributed by atoms with Gasteiger partial charge in [-0.15, -0.1) is 0 Å². The number of nitrogens with zero attached hydrogens (tertiary/aromatic N) is 2. The van der Waals surface area contributed by atoms with Crippen molar-refractivity contribution in [3.05, 3.63) is 29.8 Å². The first-order valence-corrected chi connectivity index (χ1v) is 10.1. The first kappa shape index (κ1) is 20.6. The van der Waals surface area contributed by atoms with E-state index in [1.54, 1.807) is 0 Å². The van der Waals surface area contributed by atoms with Crippen molar-refractivity contribution < 1.29 is 22.0 Å². The van der Waals surface area contributed by atoms with Crippen LogP contribution in [0.15, 0.2) is 23.1 Å². The van der Waals surface area contributed by atoms with Crippen molar-refractivity contribution in [2.45, 2.75) is 31.6 Å². The first-order valence-electron chi connectivity index (χ1n) is 8.70. The second-order valence-corrected chi connectivity index (χ2v) is 8.64. The van der Waals surface area contributed by atoms with E-state index in [9.17, 15) is 22.0 Å². The third-order valence-corrected chi connectivity index (χ3v) is 6.19. The molecule has 1 aromatic carbocycles. The Balaban J connectivity index is 1.91. The molecule has 1 aliphatic rings. The Morgan fingerprint density at radius 1 is 1.19 bits per heavy atom. The number of hydrogen-bond acceptors (Lipinski definition) is 3. The van der Waals surface area contributed by atoms with E-state index < -0.39 is 26.6 Å². The molecule has 0 spiro atoms. The summed E-state index contributed by atoms with van der Waals surface area (Å²) in [6.45, 7) is 5.28. The monoisotopic (exact) mass is 389 g/mol. The molecular weight excluding hydrogens is 364 g/mol. The highest BCUT2D eigenvalue weighted by Gasteiger charge is 2.32. The van der Waals surface area contributed by atoms with Crippen LogP contribution in [0, 0.1) is 17.6 Å². The van der Waals surface area contributed by atoms with Crippen LogP contribution in [0.3, 0.4) is 0 Å². The summed E-state index contributed by atoms with van der Waals surface area (Å²) in [5, 5.41) is 2.82. The summed E-state index contributed by atoms with van der Waals surface area (Å²) in [5.74, 6) is -1.23. The van der Waals surface area contributed by atoms with Crippen molar-refractivity contribution in [1.82, 2.24) is 14.5 Å². The summed E-state index contributed by atoms with van der Waals surface area (Å²) in [6, 6.07) is 2.11. The van der Waals surface area contributed by atoms with Crippen LogP contribution in [-0.4, -0.2) is 56.4 Å². The highest BCUT2D eigenvalue weighted by atomic mass is 32.2. The van der Waals surface area contributed by atoms with Gasteiger partial charge in [0.15, 0.2) is 0 Å². The van der Waals surface area contributed by atoms with E-state index in [0.29, 0.717) is 18.5 Å². The van der Waals surface area contributed by atoms with E-state index in [2.05, 4.69) is 19.2 Å². The number of nitrogens with one attached hydrogen (secondary N) is 1. The third-order valence-electron chi connectivity index (χ3n) is 4.27. The van der Waals surface area contributed by atoms with Crippen molar-refractivity contribution in [2.75, 3.05) is 32.7 Å². The molecule has 1 N–H and O–H groups in total. The van der Waals surface area contributed by atoms with Gasteiger partial charge in [-0.25, -0.2) is 22.0 Å². The maximum atomic E-state index is 13.8. The molecule has 6 nitrogen and oxygen atoms in total. The smallest absolute Gasteiger partial charge is 0.317 e. The molecule has 0 bridgehead atoms. The average Bonchev–Trinajstić information content (AvgIpc) is 2.60. The van der Waals surface area contributed by atoms with Crippen LogP contribution in [-0.2, 0) is 10.0 Å². The molecule has 146 valence electrons. The summed E-state index contributed by atoms with van der Waals surface area (Å²) in [6.07, 6.45) is 1.90. The summed E-state index contributed by atoms with van der Waals surface area (Å²) >= 11 is 0. The zero-order valence-corrected chi connectivity index (χ0v) is 15.9. The summed E-state index contributed by atoms with van der Waals surface area (Å²) in [7, 11) is -4.13. The Bertz CT molecular complexity index is 733. The molecule has 0 radical (unpaired) electrons. The minimum atomic E-state index is -4.13. The summed E-state index contributed by atoms with van der Waals surface area (Å²) in [4.78, 5) is 13.0. The molecule has 0 saturated carbocycles. The molecule has 1 heterocycles. The van der Waals surface area contributed by atoms with Gasteiger partial charge in [0.2, 0.25) is 10.0 Å². The average molecular weight is 389 g/mol. The lowest BCUT2D eigenvalue weighted by Gasteiger charge is -2.34. The van der Waals surface area contributed by atoms with Gasteiger partial charge in [-0.2, -0.15) is 4.31 Å². The Morgan fingerprint density at radius 2 is 1.85 bits per heavy atom. The Hall–Kier alpha value is -1.74. The van der Waals surface area contributed by atoms with E-state index in [1.807, 2.05) is 0 Å². The number of hydrogen-bond donors (Lipinski definition) is 1. The van der Waals surface area contributed by atoms with Gasteiger partial charge in [-0.1, -0.05) is 13.8 Å². The Labute approximate surface area is 153 Å². The SMILES string of the molecule is CC(C)CCCNC(=O)N1CCN(S(=O)(=O)c2cc(F)ccc2F)CC1. The highest BCUT2D eigenvalue weighted by molar-refractivity contribution is 7.89. The zero-order valence-electron chi connectivity index (χ0n) is 15.0. The fourth-order valence-electron chi connectivity index (χ4n) is 2.76. The zero-order chi connectivity index (χ0) is 19.3. The molecule has 0 atom stereocenters. The van der Waals surface area contributed by atoms with E-state index in [0.717, 1.165) is 29.3 Å². The fraction of sp³-hybridized carbons (Fsp3) is 0.588. The van der Waals surface area contributed by atoms with Gasteiger partial charge < -0.3 is 10.2 Å². The minimum absolute atomic E-state index is 0.0394. The number of piperazine rings is 1. The second kappa shape index (κ2) is 8.77. The van der Waals surface area contributed by atoms with Crippen molar-refractivity contribution in [3.8, 4) is 0 Å². The van der Waals surface area contributed by atoms with Crippen molar-refractivity contribution in [1.29, 1.82) is 0 Å². The van der Waals surface area contributed by atoms with E-state index in [-0.39, 0.29) is 32.2 Å². The Kier molecular flexibility index (Phi) is 6.94. The maximum Gasteiger partial charge on any atom is 0.317 e. The minimum Gasteiger partial charge on any atom is -0.338 e. The number of carbonyl (C=O) groups is 1. The molecule has 1 saturated heterocycles. The predicted octanol–water partition coefficient (Wildman–Crippen LogP) is 2.42. The van der Waals surface area contributed by atoms with Gasteiger partial charge in [0.05, 0.1) is 0 Å². The van der Waals surface area contributed by atoms with E-state index in [1.165, 1.54) is 4.90 Å². The number of rotatable bonds is 6. The molecule has 1 aliphatic heterocycles. The van der Waals surface area contributed by atoms with Gasteiger partial charge >= 0.3 is 6.03 Å². The van der Waals surface area contributed by atoms with Crippen LogP contribution in [0.4, 0.5) is 13.6 Å². The van der Waals surface area contributed by atoms with Gasteiger partial charge in [0.1, 0.15) is 16.5 Å². The summed E-state index contributed by atoms with van der Waals surface area (Å²) in [5.41, 5.74) is 0. The lowest BCUT2D eigenvalue weighted by Crippen LogP contribution is -2.53. The number of benzene rings is 1. The topological polar surface area (TPSA) is 69.7 Å². The summed E-state index contributed by atoms with van der Waals surface area (Å²) < 4.78 is 53.2. The largest absolute Gasteiger partial charge is 0.338 e. The molecule has 2 amide bonds. The number of sulfonamides is 1. The van der Waals surface area contributed by atoms with E-state index >= 15 is 0 Å². The third kappa shape index (κ3) is 5.14. The number of urea groups is 1. The molecule has 1 aromatic rings. The molecule has 0 aliphatic carbocycles. The molecule has 26 heavy (non-hydrogen) atoms. The fourth-order valence-corrected chi connectivity index (χ4v) is 4.26. The van der Waals surface area contributed by atoms with Crippen LogP contribution in [0.1, 0.15) is 26.7 Å². The van der Waals surface area contributed by atoms with Crippen LogP contribution in [0.5, 0.6) is 0 Å². The molecule has 1 fully saturated rings. The second-order valence-electron chi connectivity index (χ2n) is 6.73. The van der Waals surface area contributed by atoms with Crippen molar-refractivity contribution in [2.24, 2.45) is 5.92 Å². The van der Waals surface area contributed by atoms with E-state index in [4.69, 9.17) is 0 Å². The predicted molar refractivity (Wildman–Crippen MR) is 94.2 cm³/mol. The molecular formula is C17H25F2N3O3S. The maximum absolute atomic E-state index is 13.8. The van der Waals surface area contributed by atoms with Crippen LogP contribution < -0.4 is 5.32 Å². The lowest BCUT2D eigenvalue weighted by atomic mass is 10.1. The van der Waals surface area contributed by atoms with Gasteiger partial charge in [-0.3, -0.25) is 0 Å². The lowest BCUT2D eigenvalue weighted by molar-refractivity contribution is 0.172. The van der Waals surface area contributed by atoms with Gasteiger partial charge in [0.25, 0.3) is 0 Å². The van der Waals surface area contributed by atoms with Gasteiger partial charge in [0, 0.05) is 32.7 Å². The van der Waals surface area contributed by atoms with Crippen molar-refractivity contribution >= 4 is 16.1 Å². The molecule has 2 rings (SSSR count). The number of carbonyl (C=O) groups excluding carboxylic acids is 1. The molecule has 0 unspecified atom stereocenters. The van der Waals surface area contributed by atoms with Crippen LogP contribution in [0.2, 0.25) is 0 Å². The molecule has 9 heteroatoms. The normalized spacial score (nSPS) is 16.1. The standard InChI is InChI=1S/C17H25F2N3O3S/c1-13(2)4-3-7-20-17(23)21-8-10-22(11-9-21)26(24,25)16-12-14(18)5-6-15(16)19/h5-6,12-13H,3-4,7-11H2,1-2H3,(H,20,23). The highest BCUT2D eigenvalue weighted by Crippen LogP contribution is 2.21. The number of amides is 2. The first-order chi connectivity index (χ1) is 12.2. The quantitative estimate of drug-likeness (QED) is 0.760. The van der Waals surface area contributed by atoms with Crippen molar-refractivity contribution in [3.63, 3.8) is 0 Å². The van der Waals surface area contributed by atoms with Gasteiger partial charge in [-0.05, 0) is 37.0 Å². The van der Waals surface area contributed by atoms with Crippen LogP contribution >= 0.6 is 0 Å². The molecule has 0 aromatic heterocycles. The van der Waals surface area contributed by atoms with Crippen LogP contribution in [0.25, 0.3) is 0 Å². The number of halogens is 2. The Morgan fingerprint density at radius 3 is 2.46 bits per heavy atom.